The summed E-state index contributed by atoms with van der Waals surface area (Å²) in [6, 6.07) is 12.9. The molecule has 0 N–H and O–H groups in total. The van der Waals surface area contributed by atoms with Crippen LogP contribution in [-0.2, 0) is 0 Å². The molecule has 0 aliphatic rings. The Morgan fingerprint density at radius 1 is 0.257 bits per heavy atom. The molecule has 2 rings (SSSR count). The Kier molecular flexibility index (Phi) is 36.8. The number of hydrogen-bond donors (Lipinski definition) is 0. The quantitative estimate of drug-likeness (QED) is 0.0376. The van der Waals surface area contributed by atoms with Gasteiger partial charge in [0.25, 0.3) is 0 Å². The van der Waals surface area contributed by atoms with E-state index in [9.17, 15) is 0 Å². The highest BCUT2D eigenvalue weighted by Crippen LogP contribution is 2.29. The Morgan fingerprint density at radius 2 is 0.446 bits per heavy atom. The Labute approximate surface area is 460 Å². The van der Waals surface area contributed by atoms with Crippen LogP contribution in [0.1, 0.15) is 219 Å². The van der Waals surface area contributed by atoms with E-state index in [-0.39, 0.29) is 0 Å². The van der Waals surface area contributed by atoms with E-state index in [4.69, 9.17) is 18.9 Å². The monoisotopic (exact) mass is 1040 g/mol. The summed E-state index contributed by atoms with van der Waals surface area (Å²) in [6.45, 7) is 22.2. The van der Waals surface area contributed by atoms with Gasteiger partial charge in [-0.1, -0.05) is 65.5 Å². The molecule has 0 amide bonds. The zero-order valence-corrected chi connectivity index (χ0v) is 51.3. The number of rotatable bonds is 50. The van der Waals surface area contributed by atoms with Crippen LogP contribution in [0.4, 0.5) is 0 Å². The average molecular weight is 1040 g/mol. The number of ether oxygens (including phenoxy) is 4. The molecule has 2 aromatic rings. The lowest BCUT2D eigenvalue weighted by Gasteiger charge is -2.30. The summed E-state index contributed by atoms with van der Waals surface area (Å²) >= 11 is 0. The molecule has 0 spiro atoms. The lowest BCUT2D eigenvalue weighted by Crippen LogP contribution is -2.41. The van der Waals surface area contributed by atoms with Crippen molar-refractivity contribution in [3.05, 3.63) is 47.5 Å². The molecule has 0 fully saturated rings. The van der Waals surface area contributed by atoms with Crippen LogP contribution in [0, 0.1) is 0 Å². The molecule has 2 aromatic carbocycles. The molecule has 8 heteroatoms. The highest BCUT2D eigenvalue weighted by atomic mass is 16.5. The maximum atomic E-state index is 6.49. The van der Waals surface area contributed by atoms with Gasteiger partial charge >= 0.3 is 0 Å². The van der Waals surface area contributed by atoms with Crippen LogP contribution in [0.5, 0.6) is 23.0 Å². The lowest BCUT2D eigenvalue weighted by atomic mass is 10.1. The van der Waals surface area contributed by atoms with E-state index in [0.717, 1.165) is 104 Å². The van der Waals surface area contributed by atoms with Gasteiger partial charge in [0.1, 0.15) is 23.0 Å². The van der Waals surface area contributed by atoms with Crippen LogP contribution in [0.15, 0.2) is 36.4 Å². The van der Waals surface area contributed by atoms with Gasteiger partial charge in [0.2, 0.25) is 0 Å². The second-order valence-electron chi connectivity index (χ2n) is 25.2. The van der Waals surface area contributed by atoms with Crippen molar-refractivity contribution in [1.29, 1.82) is 0 Å². The van der Waals surface area contributed by atoms with Crippen LogP contribution in [-0.4, -0.2) is 153 Å². The predicted octanol–water partition coefficient (Wildman–Crippen LogP) is 16.7. The molecule has 0 aromatic heterocycles. The molecule has 0 bridgehead atoms. The SMILES string of the molecule is CCCCC[N+](C)(C)CCCCCCOc1cc(/C=C/c2cc(OCCCCCC[N+](C)(C)CCCCC)cc(OCCCCCC[N+](C)(C)CCCCC)c2)cc(OCCCCCC[N+](C)(C)CCCCC)c1. The minimum absolute atomic E-state index is 0.723. The largest absolute Gasteiger partial charge is 0.493 e. The topological polar surface area (TPSA) is 36.9 Å². The number of quaternary nitrogens is 4. The minimum atomic E-state index is 0.723. The van der Waals surface area contributed by atoms with Gasteiger partial charge in [-0.15, -0.1) is 0 Å². The van der Waals surface area contributed by atoms with Crippen molar-refractivity contribution in [2.45, 2.75) is 207 Å². The summed E-state index contributed by atoms with van der Waals surface area (Å²) in [4.78, 5) is 0. The van der Waals surface area contributed by atoms with Crippen molar-refractivity contribution in [3.8, 4) is 23.0 Å². The van der Waals surface area contributed by atoms with E-state index in [2.05, 4.69) is 133 Å². The van der Waals surface area contributed by atoms with E-state index in [0.29, 0.717) is 0 Å². The summed E-state index contributed by atoms with van der Waals surface area (Å²) in [6.07, 6.45) is 39.5. The van der Waals surface area contributed by atoms with Crippen LogP contribution in [0.2, 0.25) is 0 Å². The lowest BCUT2D eigenvalue weighted by molar-refractivity contribution is -0.890. The van der Waals surface area contributed by atoms with Crippen molar-refractivity contribution in [2.75, 3.05) is 135 Å². The molecule has 428 valence electrons. The van der Waals surface area contributed by atoms with Crippen LogP contribution in [0.3, 0.4) is 0 Å². The first kappa shape index (κ1) is 67.3. The van der Waals surface area contributed by atoms with Gasteiger partial charge in [-0.25, -0.2) is 0 Å². The number of unbranched alkanes of at least 4 members (excludes halogenated alkanes) is 20. The first-order valence-corrected chi connectivity index (χ1v) is 31.3. The van der Waals surface area contributed by atoms with E-state index < -0.39 is 0 Å². The molecule has 0 aliphatic heterocycles. The van der Waals surface area contributed by atoms with E-state index >= 15 is 0 Å². The van der Waals surface area contributed by atoms with Gasteiger partial charge in [-0.3, -0.25) is 0 Å². The summed E-state index contributed by atoms with van der Waals surface area (Å²) in [7, 11) is 19.2. The Morgan fingerprint density at radius 3 is 0.649 bits per heavy atom. The van der Waals surface area contributed by atoms with E-state index in [1.54, 1.807) is 0 Å². The number of benzene rings is 2. The summed E-state index contributed by atoms with van der Waals surface area (Å²) in [5.74, 6) is 3.55. The third-order valence-corrected chi connectivity index (χ3v) is 15.4. The van der Waals surface area contributed by atoms with Crippen LogP contribution in [0.25, 0.3) is 12.2 Å². The second kappa shape index (κ2) is 40.4. The maximum Gasteiger partial charge on any atom is 0.123 e. The van der Waals surface area contributed by atoms with Crippen molar-refractivity contribution >= 4 is 12.2 Å². The van der Waals surface area contributed by atoms with E-state index in [1.165, 1.54) is 206 Å². The molecule has 0 aliphatic carbocycles. The predicted molar refractivity (Wildman–Crippen MR) is 323 cm³/mol. The molecular formula is C66H124N4O4+4. The first-order valence-electron chi connectivity index (χ1n) is 31.3. The van der Waals surface area contributed by atoms with Crippen molar-refractivity contribution in [1.82, 2.24) is 0 Å². The molecule has 0 atom stereocenters. The molecule has 0 radical (unpaired) electrons. The Bertz CT molecular complexity index is 1460. The number of hydrogen-bond acceptors (Lipinski definition) is 4. The third kappa shape index (κ3) is 36.3. The van der Waals surface area contributed by atoms with Gasteiger partial charge in [-0.05, 0) is 189 Å². The fourth-order valence-corrected chi connectivity index (χ4v) is 10.3. The molecular weight excluding hydrogens is 913 g/mol. The van der Waals surface area contributed by atoms with Gasteiger partial charge in [-0.2, -0.15) is 0 Å². The maximum absolute atomic E-state index is 6.49. The smallest absolute Gasteiger partial charge is 0.123 e. The first-order chi connectivity index (χ1) is 35.5. The fraction of sp³-hybridized carbons (Fsp3) is 0.788. The van der Waals surface area contributed by atoms with Gasteiger partial charge in [0, 0.05) is 12.1 Å². The molecule has 0 saturated heterocycles. The summed E-state index contributed by atoms with van der Waals surface area (Å²) in [5, 5.41) is 0. The van der Waals surface area contributed by atoms with Gasteiger partial charge in [0.05, 0.1) is 135 Å². The average Bonchev–Trinajstić information content (AvgIpc) is 3.34. The van der Waals surface area contributed by atoms with E-state index in [1.807, 2.05) is 0 Å². The molecule has 74 heavy (non-hydrogen) atoms. The standard InChI is InChI=1S/C66H124N4O4/c1-13-17-29-43-67(5,6)47-33-21-25-37-51-71-63-55-61(56-64(59-63)72-52-38-26-22-34-48-68(7,8)44-30-18-14-2)41-42-62-57-65(73-53-39-27-23-35-49-69(9,10)45-31-19-15-3)60-66(58-62)74-54-40-28-24-36-50-70(11,12)46-32-20-16-4/h41-42,55-60H,13-40,43-54H2,1-12H3/q+4/b42-41+. The zero-order valence-electron chi connectivity index (χ0n) is 51.3. The van der Waals surface area contributed by atoms with Crippen molar-refractivity contribution in [2.24, 2.45) is 0 Å². The molecule has 0 unspecified atom stereocenters. The Balaban J connectivity index is 2.14. The molecule has 0 heterocycles. The third-order valence-electron chi connectivity index (χ3n) is 15.4. The molecule has 0 saturated carbocycles. The van der Waals surface area contributed by atoms with Crippen LogP contribution < -0.4 is 18.9 Å². The van der Waals surface area contributed by atoms with Crippen molar-refractivity contribution < 1.29 is 36.9 Å². The van der Waals surface area contributed by atoms with Crippen LogP contribution >= 0.6 is 0 Å². The number of nitrogens with zero attached hydrogens (tertiary/aromatic N) is 4. The van der Waals surface area contributed by atoms with Crippen molar-refractivity contribution in [3.63, 3.8) is 0 Å². The highest BCUT2D eigenvalue weighted by Gasteiger charge is 2.17. The summed E-state index contributed by atoms with van der Waals surface area (Å²) < 4.78 is 30.5. The normalized spacial score (nSPS) is 12.5. The fourth-order valence-electron chi connectivity index (χ4n) is 10.3. The van der Waals surface area contributed by atoms with Gasteiger partial charge < -0.3 is 36.9 Å². The second-order valence-corrected chi connectivity index (χ2v) is 25.2. The highest BCUT2D eigenvalue weighted by molar-refractivity contribution is 5.72. The summed E-state index contributed by atoms with van der Waals surface area (Å²) in [5.41, 5.74) is 2.16. The minimum Gasteiger partial charge on any atom is -0.493 e. The zero-order chi connectivity index (χ0) is 54.2. The Hall–Kier alpha value is -2.78. The molecule has 8 nitrogen and oxygen atoms in total. The van der Waals surface area contributed by atoms with Gasteiger partial charge in [0.15, 0.2) is 0 Å².